The molecular weight excluding hydrogens is 281 g/mol. The molecule has 7 heteroatoms. The molecule has 2 heterocycles. The molecule has 1 aliphatic rings. The minimum Gasteiger partial charge on any atom is -0.381 e. The Morgan fingerprint density at radius 1 is 1.37 bits per heavy atom. The largest absolute Gasteiger partial charge is 0.417 e. The third kappa shape index (κ3) is 3.30. The number of rotatable bonds is 2. The van der Waals surface area contributed by atoms with Crippen molar-refractivity contribution in [2.24, 2.45) is 0 Å². The van der Waals surface area contributed by atoms with E-state index in [1.165, 1.54) is 0 Å². The molecule has 1 aliphatic heterocycles. The summed E-state index contributed by atoms with van der Waals surface area (Å²) in [6, 6.07) is 0.923. The Balaban J connectivity index is 2.14. The second-order valence-electron chi connectivity index (χ2n) is 4.45. The molecule has 0 unspecified atom stereocenters. The number of hydrogen-bond donors (Lipinski definition) is 0. The van der Waals surface area contributed by atoms with Gasteiger partial charge >= 0.3 is 6.18 Å². The number of piperidine rings is 1. The van der Waals surface area contributed by atoms with E-state index in [2.05, 4.69) is 4.98 Å². The highest BCUT2D eigenvalue weighted by atomic mass is 35.5. The number of hydrogen-bond acceptors (Lipinski definition) is 3. The monoisotopic (exact) mass is 294 g/mol. The van der Waals surface area contributed by atoms with Crippen molar-refractivity contribution in [3.8, 4) is 0 Å². The van der Waals surface area contributed by atoms with E-state index >= 15 is 0 Å². The van der Waals surface area contributed by atoms with Gasteiger partial charge in [0.2, 0.25) is 0 Å². The molecule has 0 N–H and O–H groups in total. The number of aromatic nitrogens is 1. The minimum atomic E-state index is -4.42. The van der Waals surface area contributed by atoms with E-state index in [4.69, 9.17) is 16.3 Å². The van der Waals surface area contributed by atoms with Crippen LogP contribution >= 0.6 is 11.6 Å². The predicted octanol–water partition coefficient (Wildman–Crippen LogP) is 3.37. The molecule has 0 spiro atoms. The maximum absolute atomic E-state index is 12.5. The van der Waals surface area contributed by atoms with Crippen molar-refractivity contribution in [2.45, 2.75) is 25.1 Å². The lowest BCUT2D eigenvalue weighted by Crippen LogP contribution is -2.37. The maximum atomic E-state index is 12.5. The van der Waals surface area contributed by atoms with Crippen LogP contribution in [0.3, 0.4) is 0 Å². The number of anilines is 1. The third-order valence-electron chi connectivity index (χ3n) is 3.22. The molecule has 1 saturated heterocycles. The van der Waals surface area contributed by atoms with Crippen LogP contribution in [0, 0.1) is 0 Å². The minimum absolute atomic E-state index is 0.0330. The van der Waals surface area contributed by atoms with Crippen LogP contribution in [0.4, 0.5) is 19.0 Å². The van der Waals surface area contributed by atoms with Crippen LogP contribution in [-0.4, -0.2) is 31.3 Å². The smallest absolute Gasteiger partial charge is 0.381 e. The van der Waals surface area contributed by atoms with E-state index in [-0.39, 0.29) is 11.1 Å². The molecule has 0 aromatic carbocycles. The van der Waals surface area contributed by atoms with Gasteiger partial charge in [0.25, 0.3) is 0 Å². The van der Waals surface area contributed by atoms with E-state index in [0.717, 1.165) is 25.1 Å². The van der Waals surface area contributed by atoms with Crippen LogP contribution < -0.4 is 4.90 Å². The fraction of sp³-hybridized carbons (Fsp3) is 0.583. The zero-order valence-electron chi connectivity index (χ0n) is 10.4. The first kappa shape index (κ1) is 14.4. The van der Waals surface area contributed by atoms with E-state index < -0.39 is 11.7 Å². The van der Waals surface area contributed by atoms with E-state index in [0.29, 0.717) is 18.9 Å². The molecule has 0 bridgehead atoms. The molecule has 0 atom stereocenters. The van der Waals surface area contributed by atoms with Crippen LogP contribution in [0.2, 0.25) is 5.02 Å². The van der Waals surface area contributed by atoms with Gasteiger partial charge in [-0.1, -0.05) is 11.6 Å². The molecule has 0 amide bonds. The Morgan fingerprint density at radius 2 is 2.00 bits per heavy atom. The summed E-state index contributed by atoms with van der Waals surface area (Å²) in [4.78, 5) is 5.74. The lowest BCUT2D eigenvalue weighted by Gasteiger charge is -2.32. The third-order valence-corrected chi connectivity index (χ3v) is 3.50. The second-order valence-corrected chi connectivity index (χ2v) is 4.86. The van der Waals surface area contributed by atoms with Gasteiger partial charge in [0.15, 0.2) is 0 Å². The maximum Gasteiger partial charge on any atom is 0.417 e. The lowest BCUT2D eigenvalue weighted by molar-refractivity contribution is -0.137. The van der Waals surface area contributed by atoms with Gasteiger partial charge in [-0.2, -0.15) is 13.2 Å². The highest BCUT2D eigenvalue weighted by Crippen LogP contribution is 2.34. The molecule has 19 heavy (non-hydrogen) atoms. The van der Waals surface area contributed by atoms with Crippen LogP contribution in [0.1, 0.15) is 18.4 Å². The van der Waals surface area contributed by atoms with E-state index in [1.807, 2.05) is 4.90 Å². The summed E-state index contributed by atoms with van der Waals surface area (Å²) in [5.41, 5.74) is -0.826. The first-order valence-corrected chi connectivity index (χ1v) is 6.30. The van der Waals surface area contributed by atoms with Crippen molar-refractivity contribution in [3.05, 3.63) is 22.8 Å². The van der Waals surface area contributed by atoms with Crippen molar-refractivity contribution in [1.29, 1.82) is 0 Å². The van der Waals surface area contributed by atoms with Gasteiger partial charge in [-0.15, -0.1) is 0 Å². The molecule has 0 radical (unpaired) electrons. The normalized spacial score (nSPS) is 17.8. The number of nitrogens with zero attached hydrogens (tertiary/aromatic N) is 2. The van der Waals surface area contributed by atoms with Crippen molar-refractivity contribution >= 4 is 17.4 Å². The topological polar surface area (TPSA) is 25.4 Å². The van der Waals surface area contributed by atoms with E-state index in [1.54, 1.807) is 7.11 Å². The Hall–Kier alpha value is -1.01. The summed E-state index contributed by atoms with van der Waals surface area (Å²) >= 11 is 5.90. The van der Waals surface area contributed by atoms with E-state index in [9.17, 15) is 13.2 Å². The molecule has 0 saturated carbocycles. The summed E-state index contributed by atoms with van der Waals surface area (Å²) in [5, 5.41) is 0.0330. The van der Waals surface area contributed by atoms with Gasteiger partial charge in [-0.05, 0) is 18.9 Å². The van der Waals surface area contributed by atoms with Gasteiger partial charge in [0.05, 0.1) is 16.7 Å². The Labute approximate surface area is 114 Å². The Bertz CT molecular complexity index is 445. The van der Waals surface area contributed by atoms with Crippen LogP contribution in [-0.2, 0) is 10.9 Å². The van der Waals surface area contributed by atoms with Crippen molar-refractivity contribution in [2.75, 3.05) is 25.1 Å². The van der Waals surface area contributed by atoms with Crippen molar-refractivity contribution in [1.82, 2.24) is 4.98 Å². The number of halogens is 4. The van der Waals surface area contributed by atoms with Gasteiger partial charge in [0.1, 0.15) is 5.82 Å². The zero-order valence-corrected chi connectivity index (χ0v) is 11.1. The average Bonchev–Trinajstić information content (AvgIpc) is 2.38. The molecule has 106 valence electrons. The van der Waals surface area contributed by atoms with Crippen LogP contribution in [0.25, 0.3) is 0 Å². The van der Waals surface area contributed by atoms with Gasteiger partial charge in [0, 0.05) is 26.4 Å². The Morgan fingerprint density at radius 3 is 2.47 bits per heavy atom. The number of methoxy groups -OCH3 is 1. The quantitative estimate of drug-likeness (QED) is 0.836. The standard InChI is InChI=1S/C12H14ClF3N2O/c1-19-9-2-4-18(5-3-9)11-10(13)6-8(7-17-11)12(14,15)16/h6-7,9H,2-5H2,1H3. The van der Waals surface area contributed by atoms with Gasteiger partial charge in [-0.25, -0.2) is 4.98 Å². The predicted molar refractivity (Wildman–Crippen MR) is 66.5 cm³/mol. The fourth-order valence-corrected chi connectivity index (χ4v) is 2.41. The molecule has 3 nitrogen and oxygen atoms in total. The number of ether oxygens (including phenoxy) is 1. The zero-order chi connectivity index (χ0) is 14.0. The molecule has 2 rings (SSSR count). The van der Waals surface area contributed by atoms with Crippen LogP contribution in [0.15, 0.2) is 12.3 Å². The SMILES string of the molecule is COC1CCN(c2ncc(C(F)(F)F)cc2Cl)CC1. The van der Waals surface area contributed by atoms with Crippen LogP contribution in [0.5, 0.6) is 0 Å². The van der Waals surface area contributed by atoms with Gasteiger partial charge < -0.3 is 9.64 Å². The summed E-state index contributed by atoms with van der Waals surface area (Å²) in [6.45, 7) is 1.35. The molecule has 1 fully saturated rings. The number of alkyl halides is 3. The summed E-state index contributed by atoms with van der Waals surface area (Å²) in [7, 11) is 1.66. The molecule has 1 aromatic heterocycles. The first-order valence-electron chi connectivity index (χ1n) is 5.92. The highest BCUT2D eigenvalue weighted by Gasteiger charge is 2.32. The van der Waals surface area contributed by atoms with Crippen molar-refractivity contribution in [3.63, 3.8) is 0 Å². The second kappa shape index (κ2) is 5.54. The molecular formula is C12H14ClF3N2O. The lowest BCUT2D eigenvalue weighted by atomic mass is 10.1. The average molecular weight is 295 g/mol. The summed E-state index contributed by atoms with van der Waals surface area (Å²) < 4.78 is 42.8. The molecule has 1 aromatic rings. The summed E-state index contributed by atoms with van der Waals surface area (Å²) in [5.74, 6) is 0.407. The summed E-state index contributed by atoms with van der Waals surface area (Å²) in [6.07, 6.45) is -1.77. The highest BCUT2D eigenvalue weighted by molar-refractivity contribution is 6.33. The number of pyridine rings is 1. The Kier molecular flexibility index (Phi) is 4.20. The first-order chi connectivity index (χ1) is 8.91. The van der Waals surface area contributed by atoms with Crippen molar-refractivity contribution < 1.29 is 17.9 Å². The molecule has 0 aliphatic carbocycles. The van der Waals surface area contributed by atoms with Gasteiger partial charge in [-0.3, -0.25) is 0 Å². The fourth-order valence-electron chi connectivity index (χ4n) is 2.12.